The molecule has 2 amide bonds. The highest BCUT2D eigenvalue weighted by atomic mass is 79.9. The lowest BCUT2D eigenvalue weighted by molar-refractivity contribution is 0.102. The number of carbonyl (C=O) groups excluding carboxylic acids is 1. The molecule has 1 saturated heterocycles. The molecule has 2 aromatic heterocycles. The van der Waals surface area contributed by atoms with E-state index in [1.807, 2.05) is 0 Å². The number of aromatic nitrogens is 2. The first-order valence-electron chi connectivity index (χ1n) is 11.5. The number of hydrogen-bond acceptors (Lipinski definition) is 7. The number of carbonyl (C=O) groups is 2. The Hall–Kier alpha value is -2.61. The molecule has 5 N–H and O–H groups in total. The zero-order valence-corrected chi connectivity index (χ0v) is 23.5. The van der Waals surface area contributed by atoms with Crippen LogP contribution in [0.4, 0.5) is 26.2 Å². The highest BCUT2D eigenvalue weighted by Crippen LogP contribution is 2.39. The number of nitrogens with one attached hydrogen (secondary N) is 2. The molecule has 10 nitrogen and oxygen atoms in total. The molecule has 36 heavy (non-hydrogen) atoms. The maximum Gasteiger partial charge on any atom is 0.412 e. The fourth-order valence-electron chi connectivity index (χ4n) is 3.75. The summed E-state index contributed by atoms with van der Waals surface area (Å²) in [7, 11) is -2.21. The van der Waals surface area contributed by atoms with Crippen LogP contribution in [0.2, 0.25) is 18.1 Å². The molecule has 2 atom stereocenters. The maximum atomic E-state index is 13.7. The third-order valence-electron chi connectivity index (χ3n) is 6.67. The summed E-state index contributed by atoms with van der Waals surface area (Å²) >= 11 is 2.95. The summed E-state index contributed by atoms with van der Waals surface area (Å²) in [6, 6.07) is 2.00. The monoisotopic (exact) mass is 582 g/mol. The highest BCUT2D eigenvalue weighted by molar-refractivity contribution is 9.10. The molecule has 3 heterocycles. The lowest BCUT2D eigenvalue weighted by Gasteiger charge is -2.45. The molecule has 0 aliphatic carbocycles. The largest absolute Gasteiger partial charge is 0.465 e. The van der Waals surface area contributed by atoms with Crippen LogP contribution in [0.25, 0.3) is 0 Å². The average Bonchev–Trinajstić information content (AvgIpc) is 2.77. The Labute approximate surface area is 219 Å². The molecule has 1 aliphatic heterocycles. The molecule has 0 radical (unpaired) electrons. The van der Waals surface area contributed by atoms with Gasteiger partial charge in [0.05, 0.1) is 35.4 Å². The quantitative estimate of drug-likeness (QED) is 0.289. The van der Waals surface area contributed by atoms with E-state index in [4.69, 9.17) is 10.2 Å². The second kappa shape index (κ2) is 10.8. The molecule has 0 spiro atoms. The van der Waals surface area contributed by atoms with Crippen LogP contribution in [0.5, 0.6) is 0 Å². The van der Waals surface area contributed by atoms with Gasteiger partial charge in [-0.1, -0.05) is 20.8 Å². The van der Waals surface area contributed by atoms with Gasteiger partial charge in [0.2, 0.25) is 0 Å². The van der Waals surface area contributed by atoms with E-state index >= 15 is 0 Å². The van der Waals surface area contributed by atoms with Crippen LogP contribution in [0, 0.1) is 5.82 Å². The van der Waals surface area contributed by atoms with Crippen LogP contribution < -0.4 is 21.3 Å². The molecule has 0 saturated carbocycles. The number of piperidine rings is 1. The molecule has 1 aliphatic rings. The van der Waals surface area contributed by atoms with Crippen LogP contribution in [0.3, 0.4) is 0 Å². The summed E-state index contributed by atoms with van der Waals surface area (Å²) < 4.78 is 20.2. The Kier molecular flexibility index (Phi) is 8.38. The molecule has 0 aromatic carbocycles. The fourth-order valence-corrected chi connectivity index (χ4v) is 5.39. The zero-order valence-electron chi connectivity index (χ0n) is 20.9. The number of rotatable bonds is 6. The number of nitrogens with zero attached hydrogens (tertiary/aromatic N) is 3. The molecular formula is C23H32BrFN6O4Si. The Balaban J connectivity index is 1.97. The minimum atomic E-state index is -2.21. The molecule has 2 unspecified atom stereocenters. The van der Waals surface area contributed by atoms with E-state index in [1.165, 1.54) is 23.4 Å². The second-order valence-electron chi connectivity index (χ2n) is 10.2. The predicted octanol–water partition coefficient (Wildman–Crippen LogP) is 4.45. The van der Waals surface area contributed by atoms with Crippen molar-refractivity contribution in [2.24, 2.45) is 0 Å². The third kappa shape index (κ3) is 6.02. The van der Waals surface area contributed by atoms with E-state index in [0.29, 0.717) is 19.5 Å². The number of hydrogen-bond donors (Lipinski definition) is 4. The summed E-state index contributed by atoms with van der Waals surface area (Å²) in [4.78, 5) is 34.7. The molecular weight excluding hydrogens is 551 g/mol. The van der Waals surface area contributed by atoms with E-state index in [9.17, 15) is 19.1 Å². The summed E-state index contributed by atoms with van der Waals surface area (Å²) in [5, 5.41) is 16.2. The molecule has 13 heteroatoms. The number of amides is 2. The van der Waals surface area contributed by atoms with Crippen LogP contribution in [0.15, 0.2) is 29.1 Å². The Bertz CT molecular complexity index is 1150. The predicted molar refractivity (Wildman–Crippen MR) is 142 cm³/mol. The van der Waals surface area contributed by atoms with Crippen molar-refractivity contribution in [1.82, 2.24) is 15.3 Å². The topological polar surface area (TPSA) is 143 Å². The number of nitrogen functional groups attached to an aromatic ring is 1. The first kappa shape index (κ1) is 28.0. The maximum absolute atomic E-state index is 13.7. The lowest BCUT2D eigenvalue weighted by Crippen LogP contribution is -2.59. The van der Waals surface area contributed by atoms with Gasteiger partial charge in [-0.15, -0.1) is 0 Å². The van der Waals surface area contributed by atoms with Gasteiger partial charge in [-0.25, -0.2) is 14.2 Å². The van der Waals surface area contributed by atoms with Crippen LogP contribution >= 0.6 is 15.9 Å². The van der Waals surface area contributed by atoms with Gasteiger partial charge in [0.15, 0.2) is 19.8 Å². The smallest absolute Gasteiger partial charge is 0.412 e. The highest BCUT2D eigenvalue weighted by Gasteiger charge is 2.44. The van der Waals surface area contributed by atoms with Gasteiger partial charge < -0.3 is 25.9 Å². The van der Waals surface area contributed by atoms with Gasteiger partial charge in [-0.05, 0) is 53.1 Å². The van der Waals surface area contributed by atoms with Gasteiger partial charge in [0.1, 0.15) is 4.60 Å². The van der Waals surface area contributed by atoms with E-state index in [-0.39, 0.29) is 32.4 Å². The number of halogens is 2. The van der Waals surface area contributed by atoms with Crippen LogP contribution in [-0.2, 0) is 4.43 Å². The third-order valence-corrected chi connectivity index (χ3v) is 11.7. The molecule has 1 fully saturated rings. The minimum absolute atomic E-state index is 0.0603. The fraction of sp³-hybridized carbons (Fsp3) is 0.478. The van der Waals surface area contributed by atoms with Crippen molar-refractivity contribution >= 4 is 53.3 Å². The molecule has 196 valence electrons. The summed E-state index contributed by atoms with van der Waals surface area (Å²) in [6.45, 7) is 11.7. The average molecular weight is 584 g/mol. The summed E-state index contributed by atoms with van der Waals surface area (Å²) in [6.07, 6.45) is 1.74. The SMILES string of the molecule is CC(C)(C)[Si](C)(C)OC1CNCCC1N(C(=O)O)c1ccncc1NC(=O)c1nc(Br)c(F)cc1N. The zero-order chi connectivity index (χ0) is 26.8. The van der Waals surface area contributed by atoms with Crippen molar-refractivity contribution < 1.29 is 23.5 Å². The number of pyridine rings is 2. The molecule has 0 bridgehead atoms. The van der Waals surface area contributed by atoms with Crippen molar-refractivity contribution in [3.8, 4) is 0 Å². The van der Waals surface area contributed by atoms with Gasteiger partial charge >= 0.3 is 6.09 Å². The Morgan fingerprint density at radius 1 is 1.39 bits per heavy atom. The van der Waals surface area contributed by atoms with Crippen molar-refractivity contribution in [1.29, 1.82) is 0 Å². The van der Waals surface area contributed by atoms with Gasteiger partial charge in [-0.2, -0.15) is 0 Å². The number of carboxylic acid groups (broad SMARTS) is 1. The second-order valence-corrected chi connectivity index (χ2v) is 15.7. The minimum Gasteiger partial charge on any atom is -0.465 e. The standard InChI is InChI=1S/C23H32BrFN6O4Si/c1-23(2,3)36(4,5)35-18-12-28-9-7-17(18)31(22(33)34)16-6-8-27-11-15(16)29-21(32)19-14(26)10-13(25)20(24)30-19/h6,8,10-11,17-18,28H,7,9,12,26H2,1-5H3,(H,29,32)(H,33,34). The van der Waals surface area contributed by atoms with Gasteiger partial charge in [-0.3, -0.25) is 14.7 Å². The van der Waals surface area contributed by atoms with E-state index in [2.05, 4.69) is 70.4 Å². The summed E-state index contributed by atoms with van der Waals surface area (Å²) in [5.41, 5.74) is 5.82. The molecule has 2 aromatic rings. The van der Waals surface area contributed by atoms with Gasteiger partial charge in [0.25, 0.3) is 5.91 Å². The first-order valence-corrected chi connectivity index (χ1v) is 15.2. The van der Waals surface area contributed by atoms with Gasteiger partial charge in [0, 0.05) is 18.8 Å². The van der Waals surface area contributed by atoms with Crippen LogP contribution in [-0.4, -0.2) is 60.6 Å². The van der Waals surface area contributed by atoms with Crippen LogP contribution in [0.1, 0.15) is 37.7 Å². The van der Waals surface area contributed by atoms with E-state index < -0.39 is 38.3 Å². The summed E-state index contributed by atoms with van der Waals surface area (Å²) in [5.74, 6) is -1.44. The van der Waals surface area contributed by atoms with Crippen molar-refractivity contribution in [2.45, 2.75) is 57.5 Å². The van der Waals surface area contributed by atoms with Crippen molar-refractivity contribution in [2.75, 3.05) is 29.0 Å². The van der Waals surface area contributed by atoms with E-state index in [1.54, 1.807) is 0 Å². The van der Waals surface area contributed by atoms with E-state index in [0.717, 1.165) is 6.07 Å². The lowest BCUT2D eigenvalue weighted by atomic mass is 10.0. The Morgan fingerprint density at radius 2 is 2.08 bits per heavy atom. The Morgan fingerprint density at radius 3 is 2.72 bits per heavy atom. The number of anilines is 3. The van der Waals surface area contributed by atoms with Crippen molar-refractivity contribution in [3.05, 3.63) is 40.6 Å². The normalized spacial score (nSPS) is 18.5. The molecule has 3 rings (SSSR count). The van der Waals surface area contributed by atoms with Crippen molar-refractivity contribution in [3.63, 3.8) is 0 Å². The number of nitrogens with two attached hydrogens (primary N) is 1. The first-order chi connectivity index (χ1) is 16.7.